The SMILES string of the molecule is CC(C)(C)Oc1ccc(C(C)(C)C)cc1C(O)(c1cc(C(C)(C)C)ccc1OC(C)(C)C)C(Cc1ccccc1)N=Cc1cc(Cl)cc(Cl)c1O.COc1ccccc1C(O)(c1ccccc1OC)C(C)N=Cc1cc(Cl)cc(Cl)c1O. The lowest BCUT2D eigenvalue weighted by Crippen LogP contribution is -2.43. The first kappa shape index (κ1) is 64.9. The number of benzene rings is 7. The summed E-state index contributed by atoms with van der Waals surface area (Å²) in [4.78, 5) is 9.70. The van der Waals surface area contributed by atoms with Crippen molar-refractivity contribution in [1.82, 2.24) is 0 Å². The van der Waals surface area contributed by atoms with Crippen molar-refractivity contribution in [2.75, 3.05) is 14.2 Å². The highest BCUT2D eigenvalue weighted by Gasteiger charge is 2.47. The van der Waals surface area contributed by atoms with E-state index in [0.717, 1.165) is 16.7 Å². The predicted octanol–water partition coefficient (Wildman–Crippen LogP) is 17.1. The van der Waals surface area contributed by atoms with Crippen LogP contribution in [0.1, 0.15) is 140 Å². The molecular formula is C68H78Cl4N2O8. The molecule has 0 amide bonds. The van der Waals surface area contributed by atoms with Crippen molar-refractivity contribution in [3.05, 3.63) is 210 Å². The highest BCUT2D eigenvalue weighted by atomic mass is 35.5. The van der Waals surface area contributed by atoms with Gasteiger partial charge in [-0.3, -0.25) is 9.98 Å². The van der Waals surface area contributed by atoms with E-state index in [0.29, 0.717) is 72.8 Å². The summed E-state index contributed by atoms with van der Waals surface area (Å²) in [6, 6.07) is 41.0. The number of methoxy groups -OCH3 is 2. The average molecular weight is 1190 g/mol. The lowest BCUT2D eigenvalue weighted by atomic mass is 9.73. The molecule has 0 fully saturated rings. The van der Waals surface area contributed by atoms with Crippen molar-refractivity contribution >= 4 is 58.8 Å². The van der Waals surface area contributed by atoms with Crippen LogP contribution in [0.4, 0.5) is 0 Å². The maximum Gasteiger partial charge on any atom is 0.144 e. The Morgan fingerprint density at radius 3 is 1.24 bits per heavy atom. The van der Waals surface area contributed by atoms with E-state index >= 15 is 0 Å². The quantitative estimate of drug-likeness (QED) is 0.0701. The molecule has 2 unspecified atom stereocenters. The van der Waals surface area contributed by atoms with Crippen LogP contribution in [-0.2, 0) is 28.5 Å². The van der Waals surface area contributed by atoms with Crippen LogP contribution >= 0.6 is 46.4 Å². The van der Waals surface area contributed by atoms with Crippen LogP contribution in [-0.4, -0.2) is 70.4 Å². The van der Waals surface area contributed by atoms with Gasteiger partial charge in [0.2, 0.25) is 0 Å². The normalized spacial score (nSPS) is 13.4. The Balaban J connectivity index is 0.000000297. The van der Waals surface area contributed by atoms with Gasteiger partial charge >= 0.3 is 0 Å². The van der Waals surface area contributed by atoms with Crippen molar-refractivity contribution in [1.29, 1.82) is 0 Å². The largest absolute Gasteiger partial charge is 0.506 e. The highest BCUT2D eigenvalue weighted by molar-refractivity contribution is 6.36. The van der Waals surface area contributed by atoms with E-state index in [9.17, 15) is 20.4 Å². The monoisotopic (exact) mass is 1190 g/mol. The van der Waals surface area contributed by atoms with Crippen molar-refractivity contribution in [3.8, 4) is 34.5 Å². The molecule has 0 saturated heterocycles. The second kappa shape index (κ2) is 26.1. The molecule has 4 N–H and O–H groups in total. The second-order valence-electron chi connectivity index (χ2n) is 24.4. The zero-order valence-electron chi connectivity index (χ0n) is 49.6. The van der Waals surface area contributed by atoms with Crippen molar-refractivity contribution in [3.63, 3.8) is 0 Å². The van der Waals surface area contributed by atoms with Gasteiger partial charge in [-0.2, -0.15) is 0 Å². The van der Waals surface area contributed by atoms with E-state index in [1.807, 2.05) is 120 Å². The number of aromatic hydroxyl groups is 2. The third-order valence-electron chi connectivity index (χ3n) is 13.7. The minimum atomic E-state index is -1.84. The number of aliphatic hydroxyl groups is 2. The Morgan fingerprint density at radius 2 is 0.854 bits per heavy atom. The molecule has 436 valence electrons. The van der Waals surface area contributed by atoms with Gasteiger partial charge in [0.1, 0.15) is 56.9 Å². The number of rotatable bonds is 16. The molecule has 0 bridgehead atoms. The van der Waals surface area contributed by atoms with Gasteiger partial charge in [-0.25, -0.2) is 0 Å². The van der Waals surface area contributed by atoms with Gasteiger partial charge in [-0.05, 0) is 143 Å². The lowest BCUT2D eigenvalue weighted by Gasteiger charge is -2.40. The van der Waals surface area contributed by atoms with Crippen LogP contribution in [0.25, 0.3) is 0 Å². The summed E-state index contributed by atoms with van der Waals surface area (Å²) < 4.78 is 24.4. The van der Waals surface area contributed by atoms with Gasteiger partial charge < -0.3 is 39.4 Å². The van der Waals surface area contributed by atoms with Gasteiger partial charge in [-0.15, -0.1) is 0 Å². The Morgan fingerprint density at radius 1 is 0.463 bits per heavy atom. The number of hydrogen-bond acceptors (Lipinski definition) is 10. The fraction of sp³-hybridized carbons (Fsp3) is 0.353. The van der Waals surface area contributed by atoms with Gasteiger partial charge in [0, 0.05) is 55.9 Å². The number of para-hydroxylation sites is 2. The fourth-order valence-corrected chi connectivity index (χ4v) is 10.4. The van der Waals surface area contributed by atoms with Gasteiger partial charge in [0.25, 0.3) is 0 Å². The third kappa shape index (κ3) is 15.7. The van der Waals surface area contributed by atoms with Crippen molar-refractivity contribution in [2.24, 2.45) is 9.98 Å². The van der Waals surface area contributed by atoms with E-state index in [1.54, 1.807) is 63.8 Å². The first-order valence-electron chi connectivity index (χ1n) is 27.1. The standard InChI is InChI=1S/C44H55Cl2NO4.C24H23Cl2NO4/c1-40(2,3)30-18-20-36(50-42(7,8)9)33(24-30)44(49,34-25-31(41(4,5)6)19-21-37(34)51-43(10,11)12)38(22-28-16-14-13-15-17-28)47-27-29-23-32(45)26-35(46)39(29)48;1-15(27-14-16-12-17(25)13-20(26)23(16)28)24(29,18-8-4-6-10-21(18)30-2)19-9-5-7-11-22(19)31-3/h13-21,23-27,38,48-49H,22H2,1-12H3;4-15,28-29H,1-3H3. The number of halogens is 4. The Hall–Kier alpha value is -6.24. The molecular weight excluding hydrogens is 1110 g/mol. The molecule has 0 aliphatic heterocycles. The zero-order chi connectivity index (χ0) is 60.8. The van der Waals surface area contributed by atoms with E-state index in [4.69, 9.17) is 70.3 Å². The molecule has 0 aliphatic rings. The van der Waals surface area contributed by atoms with Crippen LogP contribution in [0.3, 0.4) is 0 Å². The maximum atomic E-state index is 14.1. The van der Waals surface area contributed by atoms with Crippen LogP contribution in [0.2, 0.25) is 20.1 Å². The molecule has 14 heteroatoms. The molecule has 0 spiro atoms. The Bertz CT molecular complexity index is 3260. The molecule has 2 atom stereocenters. The number of phenols is 2. The van der Waals surface area contributed by atoms with E-state index in [2.05, 4.69) is 58.7 Å². The van der Waals surface area contributed by atoms with Crippen molar-refractivity contribution in [2.45, 2.75) is 142 Å². The fourth-order valence-electron chi connectivity index (χ4n) is 9.43. The summed E-state index contributed by atoms with van der Waals surface area (Å²) in [6.45, 7) is 26.6. The summed E-state index contributed by atoms with van der Waals surface area (Å²) >= 11 is 24.8. The predicted molar refractivity (Wildman–Crippen MR) is 338 cm³/mol. The summed E-state index contributed by atoms with van der Waals surface area (Å²) in [5.74, 6) is 1.79. The molecule has 0 radical (unpaired) electrons. The molecule has 0 heterocycles. The summed E-state index contributed by atoms with van der Waals surface area (Å²) in [6.07, 6.45) is 3.31. The van der Waals surface area contributed by atoms with Crippen LogP contribution in [0, 0.1) is 0 Å². The first-order chi connectivity index (χ1) is 38.2. The zero-order valence-corrected chi connectivity index (χ0v) is 52.6. The van der Waals surface area contributed by atoms with Crippen LogP contribution in [0.5, 0.6) is 34.5 Å². The van der Waals surface area contributed by atoms with Gasteiger partial charge in [0.05, 0.1) is 36.3 Å². The highest BCUT2D eigenvalue weighted by Crippen LogP contribution is 2.49. The van der Waals surface area contributed by atoms with Crippen LogP contribution in [0.15, 0.2) is 150 Å². The molecule has 10 nitrogen and oxygen atoms in total. The second-order valence-corrected chi connectivity index (χ2v) is 26.1. The number of phenolic OH excluding ortho intramolecular Hbond substituents is 2. The number of ether oxygens (including phenoxy) is 4. The minimum Gasteiger partial charge on any atom is -0.506 e. The molecule has 82 heavy (non-hydrogen) atoms. The summed E-state index contributed by atoms with van der Waals surface area (Å²) in [7, 11) is 3.09. The summed E-state index contributed by atoms with van der Waals surface area (Å²) in [5.41, 5.74) is 0.713. The number of aliphatic imine (C=N–C) groups is 2. The molecule has 7 rings (SSSR count). The van der Waals surface area contributed by atoms with Gasteiger partial charge in [0.15, 0.2) is 0 Å². The average Bonchev–Trinajstić information content (AvgIpc) is 1.27. The number of hydrogen-bond donors (Lipinski definition) is 4. The molecule has 0 saturated carbocycles. The van der Waals surface area contributed by atoms with Crippen molar-refractivity contribution < 1.29 is 39.4 Å². The minimum absolute atomic E-state index is 0.108. The van der Waals surface area contributed by atoms with E-state index in [-0.39, 0.29) is 32.4 Å². The first-order valence-corrected chi connectivity index (χ1v) is 28.6. The molecule has 7 aromatic rings. The Kier molecular flexibility index (Phi) is 20.7. The van der Waals surface area contributed by atoms with E-state index < -0.39 is 34.5 Å². The lowest BCUT2D eigenvalue weighted by molar-refractivity contribution is 0.0364. The molecule has 0 aliphatic carbocycles. The van der Waals surface area contributed by atoms with Gasteiger partial charge in [-0.1, -0.05) is 167 Å². The topological polar surface area (TPSA) is 143 Å². The van der Waals surface area contributed by atoms with E-state index in [1.165, 1.54) is 18.3 Å². The number of nitrogens with zero attached hydrogens (tertiary/aromatic N) is 2. The summed E-state index contributed by atoms with van der Waals surface area (Å²) in [5, 5.41) is 48.4. The molecule has 7 aromatic carbocycles. The third-order valence-corrected chi connectivity index (χ3v) is 14.7. The Labute approximate surface area is 505 Å². The van der Waals surface area contributed by atoms with Crippen LogP contribution < -0.4 is 18.9 Å². The molecule has 0 aromatic heterocycles. The maximum absolute atomic E-state index is 14.1. The smallest absolute Gasteiger partial charge is 0.144 e.